The number of benzene rings is 3. The molecule has 0 amide bonds. The first-order chi connectivity index (χ1) is 13.8. The van der Waals surface area contributed by atoms with Gasteiger partial charge in [0.25, 0.3) is 10.0 Å². The molecule has 29 heavy (non-hydrogen) atoms. The van der Waals surface area contributed by atoms with E-state index in [2.05, 4.69) is 0 Å². The zero-order chi connectivity index (χ0) is 21.2. The highest BCUT2D eigenvalue weighted by Gasteiger charge is 2.32. The third-order valence-electron chi connectivity index (χ3n) is 4.46. The average Bonchev–Trinajstić information content (AvgIpc) is 2.70. The molecule has 0 bridgehead atoms. The monoisotopic (exact) mass is 437 g/mol. The van der Waals surface area contributed by atoms with Gasteiger partial charge >= 0.3 is 0 Å². The molecular formula is C21H18ClF2NO3S. The van der Waals surface area contributed by atoms with Crippen molar-refractivity contribution in [1.82, 2.24) is 0 Å². The van der Waals surface area contributed by atoms with Crippen molar-refractivity contribution in [2.24, 2.45) is 0 Å². The van der Waals surface area contributed by atoms with Gasteiger partial charge in [-0.2, -0.15) is 0 Å². The lowest BCUT2D eigenvalue weighted by Gasteiger charge is -2.31. The summed E-state index contributed by atoms with van der Waals surface area (Å²) in [6, 6.07) is 14.5. The zero-order valence-electron chi connectivity index (χ0n) is 15.6. The lowest BCUT2D eigenvalue weighted by atomic mass is 10.1. The second-order valence-corrected chi connectivity index (χ2v) is 8.50. The Balaban J connectivity index is 2.21. The van der Waals surface area contributed by atoms with Crippen molar-refractivity contribution >= 4 is 27.3 Å². The van der Waals surface area contributed by atoms with Crippen LogP contribution < -0.4 is 9.04 Å². The van der Waals surface area contributed by atoms with E-state index in [0.29, 0.717) is 5.75 Å². The summed E-state index contributed by atoms with van der Waals surface area (Å²) in [7, 11) is -2.77. The lowest BCUT2D eigenvalue weighted by Crippen LogP contribution is -2.34. The fourth-order valence-corrected chi connectivity index (χ4v) is 4.91. The molecule has 4 nitrogen and oxygen atoms in total. The molecule has 3 aromatic rings. The molecule has 0 radical (unpaired) electrons. The molecule has 152 valence electrons. The van der Waals surface area contributed by atoms with E-state index in [-0.39, 0.29) is 21.2 Å². The number of hydrogen-bond donors (Lipinski definition) is 0. The van der Waals surface area contributed by atoms with Gasteiger partial charge in [-0.1, -0.05) is 35.9 Å². The van der Waals surface area contributed by atoms with E-state index >= 15 is 0 Å². The molecular weight excluding hydrogens is 420 g/mol. The van der Waals surface area contributed by atoms with Crippen molar-refractivity contribution in [3.63, 3.8) is 0 Å². The minimum absolute atomic E-state index is 0.187. The highest BCUT2D eigenvalue weighted by Crippen LogP contribution is 2.36. The van der Waals surface area contributed by atoms with Gasteiger partial charge in [-0.25, -0.2) is 17.2 Å². The Morgan fingerprint density at radius 2 is 1.69 bits per heavy atom. The molecule has 0 aliphatic carbocycles. The van der Waals surface area contributed by atoms with Gasteiger partial charge in [0, 0.05) is 11.6 Å². The highest BCUT2D eigenvalue weighted by atomic mass is 35.5. The van der Waals surface area contributed by atoms with Gasteiger partial charge < -0.3 is 4.74 Å². The van der Waals surface area contributed by atoms with Gasteiger partial charge in [0.05, 0.1) is 28.8 Å². The minimum Gasteiger partial charge on any atom is -0.497 e. The smallest absolute Gasteiger partial charge is 0.264 e. The molecule has 0 aliphatic heterocycles. The third kappa shape index (κ3) is 4.21. The number of anilines is 1. The summed E-state index contributed by atoms with van der Waals surface area (Å²) in [5.74, 6) is -0.846. The molecule has 0 aliphatic rings. The number of hydrogen-bond acceptors (Lipinski definition) is 3. The second kappa shape index (κ2) is 8.39. The Kier molecular flexibility index (Phi) is 6.10. The summed E-state index contributed by atoms with van der Waals surface area (Å²) < 4.78 is 61.3. The number of halogens is 3. The van der Waals surface area contributed by atoms with E-state index in [4.69, 9.17) is 16.3 Å². The SMILES string of the molecule is COc1cccc(N(C(C)c2ccccc2F)S(=O)(=O)c2ccc(F)c(Cl)c2)c1. The van der Waals surface area contributed by atoms with Crippen LogP contribution in [0.1, 0.15) is 18.5 Å². The molecule has 1 unspecified atom stereocenters. The third-order valence-corrected chi connectivity index (χ3v) is 6.65. The molecule has 0 saturated heterocycles. The Morgan fingerprint density at radius 1 is 0.966 bits per heavy atom. The molecule has 0 heterocycles. The van der Waals surface area contributed by atoms with Crippen LogP contribution in [0.3, 0.4) is 0 Å². The summed E-state index contributed by atoms with van der Waals surface area (Å²) in [5.41, 5.74) is 0.452. The molecule has 0 fully saturated rings. The van der Waals surface area contributed by atoms with Crippen LogP contribution in [-0.4, -0.2) is 15.5 Å². The summed E-state index contributed by atoms with van der Waals surface area (Å²) in [5, 5.41) is -0.324. The van der Waals surface area contributed by atoms with E-state index < -0.39 is 27.7 Å². The van der Waals surface area contributed by atoms with Crippen LogP contribution in [0.15, 0.2) is 71.6 Å². The number of sulfonamides is 1. The molecule has 1 atom stereocenters. The molecule has 0 N–H and O–H groups in total. The Hall–Kier alpha value is -2.64. The molecule has 8 heteroatoms. The van der Waals surface area contributed by atoms with Crippen molar-refractivity contribution < 1.29 is 21.9 Å². The van der Waals surface area contributed by atoms with Gasteiger partial charge in [0.15, 0.2) is 0 Å². The van der Waals surface area contributed by atoms with E-state index in [1.165, 1.54) is 31.4 Å². The lowest BCUT2D eigenvalue weighted by molar-refractivity contribution is 0.415. The van der Waals surface area contributed by atoms with Crippen molar-refractivity contribution in [2.45, 2.75) is 17.9 Å². The first kappa shape index (κ1) is 21.1. The fourth-order valence-electron chi connectivity index (χ4n) is 3.01. The summed E-state index contributed by atoms with van der Waals surface area (Å²) in [6.07, 6.45) is 0. The first-order valence-electron chi connectivity index (χ1n) is 8.63. The predicted octanol–water partition coefficient (Wildman–Crippen LogP) is 5.58. The normalized spacial score (nSPS) is 12.4. The van der Waals surface area contributed by atoms with Crippen LogP contribution in [0.4, 0.5) is 14.5 Å². The molecule has 3 rings (SSSR count). The van der Waals surface area contributed by atoms with Gasteiger partial charge in [-0.3, -0.25) is 4.31 Å². The van der Waals surface area contributed by atoms with E-state index in [0.717, 1.165) is 22.5 Å². The maximum Gasteiger partial charge on any atom is 0.264 e. The van der Waals surface area contributed by atoms with Gasteiger partial charge in [-0.05, 0) is 43.3 Å². The van der Waals surface area contributed by atoms with Crippen molar-refractivity contribution in [3.8, 4) is 5.75 Å². The van der Waals surface area contributed by atoms with Crippen molar-refractivity contribution in [3.05, 3.63) is 89.0 Å². The number of ether oxygens (including phenoxy) is 1. The van der Waals surface area contributed by atoms with Crippen LogP contribution in [-0.2, 0) is 10.0 Å². The standard InChI is InChI=1S/C21H18ClF2NO3S/c1-14(18-8-3-4-9-20(18)23)25(15-6-5-7-16(12-15)28-2)29(26,27)17-10-11-21(24)19(22)13-17/h3-14H,1-2H3. The topological polar surface area (TPSA) is 46.6 Å². The maximum atomic E-state index is 14.5. The van der Waals surface area contributed by atoms with E-state index in [1.54, 1.807) is 31.2 Å². The largest absolute Gasteiger partial charge is 0.497 e. The number of nitrogens with zero attached hydrogens (tertiary/aromatic N) is 1. The van der Waals surface area contributed by atoms with Crippen molar-refractivity contribution in [2.75, 3.05) is 11.4 Å². The summed E-state index contributed by atoms with van der Waals surface area (Å²) in [6.45, 7) is 1.57. The Labute approximate surface area is 173 Å². The second-order valence-electron chi connectivity index (χ2n) is 6.28. The van der Waals surface area contributed by atoms with Gasteiger partial charge in [-0.15, -0.1) is 0 Å². The van der Waals surface area contributed by atoms with E-state index in [1.807, 2.05) is 0 Å². The molecule has 3 aromatic carbocycles. The molecule has 0 spiro atoms. The number of rotatable bonds is 6. The Morgan fingerprint density at radius 3 is 2.34 bits per heavy atom. The summed E-state index contributed by atoms with van der Waals surface area (Å²) >= 11 is 5.80. The fraction of sp³-hybridized carbons (Fsp3) is 0.143. The van der Waals surface area contributed by atoms with Gasteiger partial charge in [0.1, 0.15) is 17.4 Å². The summed E-state index contributed by atoms with van der Waals surface area (Å²) in [4.78, 5) is -0.213. The van der Waals surface area contributed by atoms with Crippen LogP contribution in [0, 0.1) is 11.6 Å². The van der Waals surface area contributed by atoms with Crippen LogP contribution in [0.5, 0.6) is 5.75 Å². The predicted molar refractivity (Wildman–Crippen MR) is 109 cm³/mol. The molecule has 0 aromatic heterocycles. The van der Waals surface area contributed by atoms with Crippen LogP contribution >= 0.6 is 11.6 Å². The minimum atomic E-state index is -4.22. The van der Waals surface area contributed by atoms with Crippen LogP contribution in [0.2, 0.25) is 5.02 Å². The molecule has 0 saturated carbocycles. The van der Waals surface area contributed by atoms with E-state index in [9.17, 15) is 17.2 Å². The first-order valence-corrected chi connectivity index (χ1v) is 10.5. The average molecular weight is 438 g/mol. The zero-order valence-corrected chi connectivity index (χ0v) is 17.2. The van der Waals surface area contributed by atoms with Gasteiger partial charge in [0.2, 0.25) is 0 Å². The number of methoxy groups -OCH3 is 1. The Bertz CT molecular complexity index is 1140. The van der Waals surface area contributed by atoms with Crippen molar-refractivity contribution in [1.29, 1.82) is 0 Å². The maximum absolute atomic E-state index is 14.5. The van der Waals surface area contributed by atoms with Crippen LogP contribution in [0.25, 0.3) is 0 Å². The highest BCUT2D eigenvalue weighted by molar-refractivity contribution is 7.92. The quantitative estimate of drug-likeness (QED) is 0.505.